The van der Waals surface area contributed by atoms with Gasteiger partial charge in [-0.25, -0.2) is 9.61 Å². The van der Waals surface area contributed by atoms with Gasteiger partial charge in [0.05, 0.1) is 22.3 Å². The number of aromatic nitrogens is 5. The standard InChI is InChI=1S/C18H12F6N6O/c19-17(20,21)9-3-1-2-8(12(9)18(22,23)24)4-5-10-13-11(6-7-26-10)27-16(28-13)14-15(25)30-31-29-14/h1-3,6-7H,4-5H2,(H2,25,30)(H,27,28). The minimum Gasteiger partial charge on any atom is -0.379 e. The molecule has 1 aromatic carbocycles. The number of nitrogens with two attached hydrogens (primary N) is 1. The number of aryl methyl sites for hydroxylation is 2. The number of pyridine rings is 1. The Kier molecular flexibility index (Phi) is 4.82. The second-order valence-corrected chi connectivity index (χ2v) is 6.57. The van der Waals surface area contributed by atoms with E-state index in [-0.39, 0.29) is 30.2 Å². The number of alkyl halides is 6. The molecule has 0 aliphatic carbocycles. The molecule has 4 rings (SSSR count). The SMILES string of the molecule is Nc1nonc1-c1nc2c(CCc3cccc(C(F)(F)F)c3C(F)(F)F)nccc2[nH]1. The normalized spacial score (nSPS) is 12.6. The lowest BCUT2D eigenvalue weighted by atomic mass is 9.96. The van der Waals surface area contributed by atoms with Gasteiger partial charge in [-0.15, -0.1) is 0 Å². The van der Waals surface area contributed by atoms with E-state index in [1.807, 2.05) is 0 Å². The molecule has 0 atom stereocenters. The molecule has 3 heterocycles. The Hall–Kier alpha value is -3.64. The number of rotatable bonds is 4. The van der Waals surface area contributed by atoms with Gasteiger partial charge in [0.2, 0.25) is 0 Å². The molecule has 0 aliphatic heterocycles. The first-order valence-electron chi connectivity index (χ1n) is 8.74. The van der Waals surface area contributed by atoms with E-state index in [1.165, 1.54) is 6.20 Å². The van der Waals surface area contributed by atoms with E-state index < -0.39 is 29.0 Å². The fourth-order valence-corrected chi connectivity index (χ4v) is 3.28. The minimum absolute atomic E-state index is 0.0210. The number of hydrogen-bond donors (Lipinski definition) is 2. The number of fused-ring (bicyclic) bond motifs is 1. The number of halogens is 6. The van der Waals surface area contributed by atoms with Crippen LogP contribution in [-0.2, 0) is 25.2 Å². The van der Waals surface area contributed by atoms with E-state index >= 15 is 0 Å². The zero-order valence-electron chi connectivity index (χ0n) is 15.3. The van der Waals surface area contributed by atoms with Crippen molar-refractivity contribution >= 4 is 16.9 Å². The third-order valence-electron chi connectivity index (χ3n) is 4.59. The van der Waals surface area contributed by atoms with Crippen LogP contribution in [0.1, 0.15) is 22.4 Å². The average Bonchev–Trinajstić information content (AvgIpc) is 3.30. The van der Waals surface area contributed by atoms with E-state index in [0.29, 0.717) is 22.8 Å². The molecule has 0 unspecified atom stereocenters. The lowest BCUT2D eigenvalue weighted by Crippen LogP contribution is -2.19. The molecular weight excluding hydrogens is 430 g/mol. The maximum absolute atomic E-state index is 13.4. The smallest absolute Gasteiger partial charge is 0.379 e. The maximum Gasteiger partial charge on any atom is 0.417 e. The van der Waals surface area contributed by atoms with E-state index in [1.54, 1.807) is 6.07 Å². The molecule has 13 heteroatoms. The highest BCUT2D eigenvalue weighted by molar-refractivity contribution is 5.81. The van der Waals surface area contributed by atoms with Gasteiger partial charge in [-0.05, 0) is 40.9 Å². The number of aromatic amines is 1. The number of nitrogens with zero attached hydrogens (tertiary/aromatic N) is 4. The molecule has 0 amide bonds. The first kappa shape index (κ1) is 20.6. The Balaban J connectivity index is 1.70. The van der Waals surface area contributed by atoms with Gasteiger partial charge in [0, 0.05) is 6.20 Å². The number of H-pyrrole nitrogens is 1. The van der Waals surface area contributed by atoms with Gasteiger partial charge in [-0.2, -0.15) is 26.3 Å². The Morgan fingerprint density at radius 2 is 1.74 bits per heavy atom. The summed E-state index contributed by atoms with van der Waals surface area (Å²) in [6, 6.07) is 3.97. The molecule has 0 spiro atoms. The molecule has 0 radical (unpaired) electrons. The quantitative estimate of drug-likeness (QED) is 0.454. The monoisotopic (exact) mass is 442 g/mol. The van der Waals surface area contributed by atoms with E-state index in [2.05, 4.69) is 29.9 Å². The number of nitrogen functional groups attached to an aromatic ring is 1. The van der Waals surface area contributed by atoms with Crippen LogP contribution < -0.4 is 5.73 Å². The third-order valence-corrected chi connectivity index (χ3v) is 4.59. The predicted molar refractivity (Wildman–Crippen MR) is 95.4 cm³/mol. The van der Waals surface area contributed by atoms with Crippen molar-refractivity contribution in [3.63, 3.8) is 0 Å². The summed E-state index contributed by atoms with van der Waals surface area (Å²) < 4.78 is 84.3. The van der Waals surface area contributed by atoms with Crippen LogP contribution in [0.2, 0.25) is 0 Å². The Morgan fingerprint density at radius 3 is 2.39 bits per heavy atom. The van der Waals surface area contributed by atoms with Gasteiger partial charge in [-0.3, -0.25) is 4.98 Å². The Morgan fingerprint density at radius 1 is 0.968 bits per heavy atom. The van der Waals surface area contributed by atoms with Gasteiger partial charge in [0.25, 0.3) is 0 Å². The minimum atomic E-state index is -5.17. The molecule has 3 aromatic heterocycles. The second kappa shape index (κ2) is 7.25. The Labute approximate surface area is 169 Å². The number of nitrogens with one attached hydrogen (secondary N) is 1. The summed E-state index contributed by atoms with van der Waals surface area (Å²) in [6.07, 6.45) is -9.32. The Bertz CT molecular complexity index is 1240. The molecule has 31 heavy (non-hydrogen) atoms. The van der Waals surface area contributed by atoms with E-state index in [4.69, 9.17) is 5.73 Å². The van der Waals surface area contributed by atoms with E-state index in [0.717, 1.165) is 12.1 Å². The zero-order chi connectivity index (χ0) is 22.4. The largest absolute Gasteiger partial charge is 0.417 e. The van der Waals surface area contributed by atoms with Crippen molar-refractivity contribution in [2.45, 2.75) is 25.2 Å². The van der Waals surface area contributed by atoms with Crippen molar-refractivity contribution in [1.29, 1.82) is 0 Å². The molecule has 0 fully saturated rings. The highest BCUT2D eigenvalue weighted by Crippen LogP contribution is 2.42. The molecule has 0 aliphatic rings. The van der Waals surface area contributed by atoms with Crippen LogP contribution in [0.25, 0.3) is 22.6 Å². The van der Waals surface area contributed by atoms with Crippen molar-refractivity contribution in [1.82, 2.24) is 25.3 Å². The predicted octanol–water partition coefficient (Wildman–Crippen LogP) is 4.41. The summed E-state index contributed by atoms with van der Waals surface area (Å²) in [6.45, 7) is 0. The fraction of sp³-hybridized carbons (Fsp3) is 0.222. The third kappa shape index (κ3) is 3.90. The van der Waals surface area contributed by atoms with Crippen molar-refractivity contribution in [2.75, 3.05) is 5.73 Å². The summed E-state index contributed by atoms with van der Waals surface area (Å²) in [5, 5.41) is 7.06. The molecule has 0 saturated heterocycles. The first-order valence-corrected chi connectivity index (χ1v) is 8.74. The number of hydrogen-bond acceptors (Lipinski definition) is 6. The highest BCUT2D eigenvalue weighted by atomic mass is 19.4. The number of benzene rings is 1. The maximum atomic E-state index is 13.4. The van der Waals surface area contributed by atoms with Gasteiger partial charge < -0.3 is 10.7 Å². The number of anilines is 1. The fourth-order valence-electron chi connectivity index (χ4n) is 3.28. The first-order chi connectivity index (χ1) is 14.6. The van der Waals surface area contributed by atoms with Gasteiger partial charge >= 0.3 is 12.4 Å². The van der Waals surface area contributed by atoms with Crippen LogP contribution in [-0.4, -0.2) is 25.3 Å². The average molecular weight is 442 g/mol. The molecular formula is C18H12F6N6O. The molecule has 7 nitrogen and oxygen atoms in total. The summed E-state index contributed by atoms with van der Waals surface area (Å²) in [5.74, 6) is 0.186. The van der Waals surface area contributed by atoms with Gasteiger partial charge in [0.15, 0.2) is 17.3 Å². The molecule has 3 N–H and O–H groups in total. The van der Waals surface area contributed by atoms with Crippen molar-refractivity contribution in [2.24, 2.45) is 0 Å². The lowest BCUT2D eigenvalue weighted by Gasteiger charge is -2.19. The molecule has 0 saturated carbocycles. The summed E-state index contributed by atoms with van der Waals surface area (Å²) >= 11 is 0. The van der Waals surface area contributed by atoms with Crippen molar-refractivity contribution in [3.8, 4) is 11.5 Å². The van der Waals surface area contributed by atoms with Gasteiger partial charge in [-0.1, -0.05) is 12.1 Å². The molecule has 162 valence electrons. The van der Waals surface area contributed by atoms with Crippen LogP contribution in [0.3, 0.4) is 0 Å². The molecule has 4 aromatic rings. The van der Waals surface area contributed by atoms with Crippen LogP contribution in [0, 0.1) is 0 Å². The summed E-state index contributed by atoms with van der Waals surface area (Å²) in [5.41, 5.74) is 2.97. The highest BCUT2D eigenvalue weighted by Gasteiger charge is 2.44. The number of imidazole rings is 1. The topological polar surface area (TPSA) is 107 Å². The van der Waals surface area contributed by atoms with Crippen LogP contribution in [0.5, 0.6) is 0 Å². The van der Waals surface area contributed by atoms with Gasteiger partial charge in [0.1, 0.15) is 5.52 Å². The van der Waals surface area contributed by atoms with Crippen molar-refractivity contribution in [3.05, 3.63) is 52.8 Å². The van der Waals surface area contributed by atoms with Crippen molar-refractivity contribution < 1.29 is 31.0 Å². The lowest BCUT2D eigenvalue weighted by molar-refractivity contribution is -0.162. The zero-order valence-corrected chi connectivity index (χ0v) is 15.3. The van der Waals surface area contributed by atoms with Crippen LogP contribution >= 0.6 is 0 Å². The van der Waals surface area contributed by atoms with Crippen LogP contribution in [0.15, 0.2) is 35.1 Å². The second-order valence-electron chi connectivity index (χ2n) is 6.57. The summed E-state index contributed by atoms with van der Waals surface area (Å²) in [4.78, 5) is 11.3. The van der Waals surface area contributed by atoms with Crippen LogP contribution in [0.4, 0.5) is 32.2 Å². The molecule has 0 bridgehead atoms. The van der Waals surface area contributed by atoms with E-state index in [9.17, 15) is 26.3 Å². The summed E-state index contributed by atoms with van der Waals surface area (Å²) in [7, 11) is 0.